The van der Waals surface area contributed by atoms with Crippen LogP contribution in [0.3, 0.4) is 0 Å². The lowest BCUT2D eigenvalue weighted by Crippen LogP contribution is -2.43. The molecule has 1 atom stereocenters. The largest absolute Gasteiger partial charge is 0.395 e. The van der Waals surface area contributed by atoms with Gasteiger partial charge in [0.05, 0.1) is 6.61 Å². The summed E-state index contributed by atoms with van der Waals surface area (Å²) in [5.41, 5.74) is 0.309. The highest BCUT2D eigenvalue weighted by Gasteiger charge is 2.27. The summed E-state index contributed by atoms with van der Waals surface area (Å²) in [6.45, 7) is 13.5. The SMILES string of the molecule is CCC(CC)N(CCO)CC(CBr)C(C)(C)C. The monoisotopic (exact) mass is 307 g/mol. The predicted octanol–water partition coefficient (Wildman–Crippen LogP) is 3.53. The standard InChI is InChI=1S/C14H30BrNO/c1-6-13(7-2)16(8-9-17)11-12(10-15)14(3,4)5/h12-13,17H,6-11H2,1-5H3. The van der Waals surface area contributed by atoms with Crippen molar-refractivity contribution in [1.29, 1.82) is 0 Å². The molecule has 0 bridgehead atoms. The van der Waals surface area contributed by atoms with E-state index in [0.29, 0.717) is 17.4 Å². The molecule has 0 saturated carbocycles. The van der Waals surface area contributed by atoms with Crippen molar-refractivity contribution in [3.05, 3.63) is 0 Å². The lowest BCUT2D eigenvalue weighted by molar-refractivity contribution is 0.0980. The molecule has 0 aromatic carbocycles. The first-order valence-corrected chi connectivity index (χ1v) is 7.93. The van der Waals surface area contributed by atoms with Gasteiger partial charge in [0.15, 0.2) is 0 Å². The van der Waals surface area contributed by atoms with E-state index < -0.39 is 0 Å². The molecule has 0 fully saturated rings. The van der Waals surface area contributed by atoms with E-state index in [2.05, 4.69) is 55.4 Å². The Morgan fingerprint density at radius 1 is 1.18 bits per heavy atom. The third kappa shape index (κ3) is 6.21. The van der Waals surface area contributed by atoms with Gasteiger partial charge < -0.3 is 5.11 Å². The van der Waals surface area contributed by atoms with E-state index >= 15 is 0 Å². The van der Waals surface area contributed by atoms with Crippen molar-refractivity contribution in [2.75, 3.05) is 25.0 Å². The molecule has 17 heavy (non-hydrogen) atoms. The van der Waals surface area contributed by atoms with Crippen LogP contribution in [0.5, 0.6) is 0 Å². The van der Waals surface area contributed by atoms with Crippen LogP contribution in [-0.4, -0.2) is 41.1 Å². The third-order valence-corrected chi connectivity index (χ3v) is 4.49. The van der Waals surface area contributed by atoms with Crippen LogP contribution >= 0.6 is 15.9 Å². The molecule has 0 spiro atoms. The van der Waals surface area contributed by atoms with E-state index in [1.54, 1.807) is 0 Å². The van der Waals surface area contributed by atoms with Gasteiger partial charge in [0.2, 0.25) is 0 Å². The summed E-state index contributed by atoms with van der Waals surface area (Å²) in [6, 6.07) is 0.603. The van der Waals surface area contributed by atoms with Crippen molar-refractivity contribution in [2.45, 2.75) is 53.5 Å². The van der Waals surface area contributed by atoms with Gasteiger partial charge in [-0.15, -0.1) is 0 Å². The van der Waals surface area contributed by atoms with Crippen LogP contribution in [0.15, 0.2) is 0 Å². The lowest BCUT2D eigenvalue weighted by Gasteiger charge is -2.37. The summed E-state index contributed by atoms with van der Waals surface area (Å²) in [7, 11) is 0. The Bertz CT molecular complexity index is 187. The van der Waals surface area contributed by atoms with E-state index in [0.717, 1.165) is 31.3 Å². The first kappa shape index (κ1) is 17.4. The molecule has 0 aliphatic carbocycles. The number of rotatable bonds is 8. The number of aliphatic hydroxyl groups excluding tert-OH is 1. The van der Waals surface area contributed by atoms with E-state index in [9.17, 15) is 5.11 Å². The minimum absolute atomic E-state index is 0.260. The summed E-state index contributed by atoms with van der Waals surface area (Å²) in [5.74, 6) is 0.620. The molecule has 2 nitrogen and oxygen atoms in total. The fourth-order valence-corrected chi connectivity index (χ4v) is 3.37. The Morgan fingerprint density at radius 3 is 2.00 bits per heavy atom. The van der Waals surface area contributed by atoms with Gasteiger partial charge in [0, 0.05) is 24.5 Å². The molecule has 1 N–H and O–H groups in total. The van der Waals surface area contributed by atoms with Crippen molar-refractivity contribution in [2.24, 2.45) is 11.3 Å². The molecule has 0 radical (unpaired) electrons. The number of aliphatic hydroxyl groups is 1. The van der Waals surface area contributed by atoms with E-state index in [1.165, 1.54) is 0 Å². The number of nitrogens with zero attached hydrogens (tertiary/aromatic N) is 1. The normalized spacial score (nSPS) is 14.6. The smallest absolute Gasteiger partial charge is 0.0558 e. The van der Waals surface area contributed by atoms with Crippen LogP contribution in [-0.2, 0) is 0 Å². The second-order valence-electron chi connectivity index (χ2n) is 5.91. The van der Waals surface area contributed by atoms with Gasteiger partial charge in [-0.2, -0.15) is 0 Å². The van der Waals surface area contributed by atoms with Crippen LogP contribution in [0.25, 0.3) is 0 Å². The molecule has 0 aliphatic rings. The molecular formula is C14H30BrNO. The van der Waals surface area contributed by atoms with Gasteiger partial charge >= 0.3 is 0 Å². The van der Waals surface area contributed by atoms with Crippen molar-refractivity contribution in [3.63, 3.8) is 0 Å². The maximum absolute atomic E-state index is 9.21. The zero-order chi connectivity index (χ0) is 13.5. The van der Waals surface area contributed by atoms with Crippen molar-refractivity contribution < 1.29 is 5.11 Å². The van der Waals surface area contributed by atoms with E-state index in [-0.39, 0.29) is 6.61 Å². The van der Waals surface area contributed by atoms with Gasteiger partial charge in [-0.1, -0.05) is 50.5 Å². The number of hydrogen-bond acceptors (Lipinski definition) is 2. The van der Waals surface area contributed by atoms with Crippen molar-refractivity contribution in [1.82, 2.24) is 4.90 Å². The van der Waals surface area contributed by atoms with E-state index in [1.807, 2.05) is 0 Å². The molecule has 0 aromatic heterocycles. The summed E-state index contributed by atoms with van der Waals surface area (Å²) >= 11 is 3.64. The van der Waals surface area contributed by atoms with Gasteiger partial charge in [-0.25, -0.2) is 0 Å². The Hall–Kier alpha value is 0.400. The Labute approximate surface area is 116 Å². The zero-order valence-electron chi connectivity index (χ0n) is 12.2. The Kier molecular flexibility index (Phi) is 8.69. The highest BCUT2D eigenvalue weighted by molar-refractivity contribution is 9.09. The fraction of sp³-hybridized carbons (Fsp3) is 1.00. The number of alkyl halides is 1. The zero-order valence-corrected chi connectivity index (χ0v) is 13.8. The highest BCUT2D eigenvalue weighted by Crippen LogP contribution is 2.29. The average molecular weight is 308 g/mol. The Balaban J connectivity index is 4.60. The molecule has 0 saturated heterocycles. The average Bonchev–Trinajstić information content (AvgIpc) is 2.25. The first-order chi connectivity index (χ1) is 7.90. The quantitative estimate of drug-likeness (QED) is 0.694. The maximum Gasteiger partial charge on any atom is 0.0558 e. The Morgan fingerprint density at radius 2 is 1.71 bits per heavy atom. The van der Waals surface area contributed by atoms with Crippen molar-refractivity contribution in [3.8, 4) is 0 Å². The van der Waals surface area contributed by atoms with Crippen molar-refractivity contribution >= 4 is 15.9 Å². The highest BCUT2D eigenvalue weighted by atomic mass is 79.9. The van der Waals surface area contributed by atoms with Crippen LogP contribution in [0.4, 0.5) is 0 Å². The minimum atomic E-state index is 0.260. The fourth-order valence-electron chi connectivity index (χ4n) is 2.19. The molecule has 1 unspecified atom stereocenters. The second kappa shape index (κ2) is 8.49. The number of hydrogen-bond donors (Lipinski definition) is 1. The summed E-state index contributed by atoms with van der Waals surface area (Å²) in [5, 5.41) is 10.2. The molecule has 0 heterocycles. The van der Waals surface area contributed by atoms with Gasteiger partial charge in [-0.05, 0) is 24.2 Å². The van der Waals surface area contributed by atoms with Gasteiger partial charge in [-0.3, -0.25) is 4.90 Å². The minimum Gasteiger partial charge on any atom is -0.395 e. The van der Waals surface area contributed by atoms with Gasteiger partial charge in [0.1, 0.15) is 0 Å². The van der Waals surface area contributed by atoms with Crippen LogP contribution < -0.4 is 0 Å². The molecule has 104 valence electrons. The second-order valence-corrected chi connectivity index (χ2v) is 6.55. The van der Waals surface area contributed by atoms with Crippen LogP contribution in [0.2, 0.25) is 0 Å². The summed E-state index contributed by atoms with van der Waals surface area (Å²) in [4.78, 5) is 2.46. The predicted molar refractivity (Wildman–Crippen MR) is 79.8 cm³/mol. The first-order valence-electron chi connectivity index (χ1n) is 6.81. The molecule has 0 aromatic rings. The van der Waals surface area contributed by atoms with E-state index in [4.69, 9.17) is 0 Å². The van der Waals surface area contributed by atoms with Crippen LogP contribution in [0.1, 0.15) is 47.5 Å². The van der Waals surface area contributed by atoms with Gasteiger partial charge in [0.25, 0.3) is 0 Å². The summed E-state index contributed by atoms with van der Waals surface area (Å²) in [6.07, 6.45) is 2.32. The molecule has 3 heteroatoms. The third-order valence-electron chi connectivity index (χ3n) is 3.71. The lowest BCUT2D eigenvalue weighted by atomic mass is 9.81. The molecule has 0 aliphatic heterocycles. The maximum atomic E-state index is 9.21. The van der Waals surface area contributed by atoms with Crippen LogP contribution in [0, 0.1) is 11.3 Å². The molecular weight excluding hydrogens is 278 g/mol. The summed E-state index contributed by atoms with van der Waals surface area (Å²) < 4.78 is 0. The number of halogens is 1. The topological polar surface area (TPSA) is 23.5 Å². The molecule has 0 amide bonds. The molecule has 0 rings (SSSR count).